The molecule has 0 aliphatic heterocycles. The van der Waals surface area contributed by atoms with Crippen LogP contribution in [0.3, 0.4) is 0 Å². The van der Waals surface area contributed by atoms with E-state index in [2.05, 4.69) is 27.6 Å². The smallest absolute Gasteiger partial charge is 0.195 e. The number of ketones is 1. The molecule has 0 N–H and O–H groups in total. The van der Waals surface area contributed by atoms with E-state index in [1.807, 2.05) is 24.3 Å². The van der Waals surface area contributed by atoms with Crippen molar-refractivity contribution in [3.63, 3.8) is 0 Å². The topological polar surface area (TPSA) is 30.0 Å². The number of hydrogen-bond donors (Lipinski definition) is 0. The Bertz CT molecular complexity index is 482. The Morgan fingerprint density at radius 3 is 2.60 bits per heavy atom. The van der Waals surface area contributed by atoms with Gasteiger partial charge in [0.25, 0.3) is 0 Å². The van der Waals surface area contributed by atoms with E-state index in [-0.39, 0.29) is 5.78 Å². The Balaban J connectivity index is 2.42. The highest BCUT2D eigenvalue weighted by Gasteiger charge is 2.11. The number of nitrogens with zero attached hydrogens (tertiary/aromatic N) is 1. The first-order valence-corrected chi connectivity index (χ1v) is 5.56. The first-order chi connectivity index (χ1) is 7.29. The van der Waals surface area contributed by atoms with Crippen LogP contribution >= 0.6 is 22.6 Å². The molecule has 0 radical (unpaired) electrons. The molecule has 2 rings (SSSR count). The Labute approximate surface area is 101 Å². The van der Waals surface area contributed by atoms with E-state index < -0.39 is 0 Å². The van der Waals surface area contributed by atoms with Gasteiger partial charge in [-0.15, -0.1) is 0 Å². The molecule has 0 unspecified atom stereocenters. The standard InChI is InChI=1S/C12H8INO/c13-11-6-2-1-5-10(11)12(15)9-4-3-7-14-8-9/h1-8H. The van der Waals surface area contributed by atoms with Crippen LogP contribution < -0.4 is 0 Å². The molecule has 15 heavy (non-hydrogen) atoms. The average Bonchev–Trinajstić information content (AvgIpc) is 2.30. The van der Waals surface area contributed by atoms with Crippen molar-refractivity contribution < 1.29 is 4.79 Å². The van der Waals surface area contributed by atoms with Gasteiger partial charge < -0.3 is 0 Å². The molecule has 3 heteroatoms. The normalized spacial score (nSPS) is 9.93. The largest absolute Gasteiger partial charge is 0.289 e. The van der Waals surface area contributed by atoms with E-state index in [0.717, 1.165) is 9.13 Å². The zero-order valence-corrected chi connectivity index (χ0v) is 10.0. The van der Waals surface area contributed by atoms with Gasteiger partial charge in [0.1, 0.15) is 0 Å². The van der Waals surface area contributed by atoms with Crippen molar-refractivity contribution in [1.82, 2.24) is 4.98 Å². The lowest BCUT2D eigenvalue weighted by Gasteiger charge is -2.02. The molecule has 0 aliphatic rings. The molecule has 1 aromatic heterocycles. The van der Waals surface area contributed by atoms with Crippen molar-refractivity contribution in [2.75, 3.05) is 0 Å². The van der Waals surface area contributed by atoms with E-state index in [0.29, 0.717) is 5.56 Å². The predicted octanol–water partition coefficient (Wildman–Crippen LogP) is 2.92. The summed E-state index contributed by atoms with van der Waals surface area (Å²) in [6.45, 7) is 0. The summed E-state index contributed by atoms with van der Waals surface area (Å²) < 4.78 is 0.962. The van der Waals surface area contributed by atoms with Crippen LogP contribution in [0, 0.1) is 3.57 Å². The summed E-state index contributed by atoms with van der Waals surface area (Å²) in [5.74, 6) is 0.0214. The average molecular weight is 309 g/mol. The molecule has 2 aromatic rings. The van der Waals surface area contributed by atoms with Crippen molar-refractivity contribution in [2.45, 2.75) is 0 Å². The zero-order chi connectivity index (χ0) is 10.7. The summed E-state index contributed by atoms with van der Waals surface area (Å²) in [6, 6.07) is 11.1. The molecule has 0 atom stereocenters. The number of pyridine rings is 1. The summed E-state index contributed by atoms with van der Waals surface area (Å²) in [6.07, 6.45) is 3.25. The molecule has 1 heterocycles. The van der Waals surface area contributed by atoms with Gasteiger partial charge in [-0.2, -0.15) is 0 Å². The van der Waals surface area contributed by atoms with Crippen LogP contribution in [-0.4, -0.2) is 10.8 Å². The number of aromatic nitrogens is 1. The van der Waals surface area contributed by atoms with E-state index in [1.54, 1.807) is 24.5 Å². The molecule has 0 bridgehead atoms. The fraction of sp³-hybridized carbons (Fsp3) is 0. The molecule has 0 saturated heterocycles. The monoisotopic (exact) mass is 309 g/mol. The van der Waals surface area contributed by atoms with Gasteiger partial charge in [0.2, 0.25) is 0 Å². The molecule has 0 amide bonds. The van der Waals surface area contributed by atoms with Crippen molar-refractivity contribution >= 4 is 28.4 Å². The molecule has 2 nitrogen and oxygen atoms in total. The number of halogens is 1. The highest BCUT2D eigenvalue weighted by atomic mass is 127. The summed E-state index contributed by atoms with van der Waals surface area (Å²) >= 11 is 2.16. The summed E-state index contributed by atoms with van der Waals surface area (Å²) in [5.41, 5.74) is 1.35. The van der Waals surface area contributed by atoms with Crippen LogP contribution in [0.25, 0.3) is 0 Å². The quantitative estimate of drug-likeness (QED) is 0.631. The first-order valence-electron chi connectivity index (χ1n) is 4.48. The summed E-state index contributed by atoms with van der Waals surface area (Å²) in [5, 5.41) is 0. The van der Waals surface area contributed by atoms with E-state index in [4.69, 9.17) is 0 Å². The third-order valence-corrected chi connectivity index (χ3v) is 2.98. The van der Waals surface area contributed by atoms with Crippen LogP contribution in [-0.2, 0) is 0 Å². The second kappa shape index (κ2) is 4.53. The van der Waals surface area contributed by atoms with Crippen molar-refractivity contribution in [3.05, 3.63) is 63.5 Å². The minimum atomic E-state index is 0.0214. The van der Waals surface area contributed by atoms with Gasteiger partial charge in [-0.25, -0.2) is 0 Å². The summed E-state index contributed by atoms with van der Waals surface area (Å²) in [4.78, 5) is 16.0. The van der Waals surface area contributed by atoms with Gasteiger partial charge in [0, 0.05) is 27.1 Å². The van der Waals surface area contributed by atoms with Gasteiger partial charge in [0.05, 0.1) is 0 Å². The molecular formula is C12H8INO. The third-order valence-electron chi connectivity index (χ3n) is 2.04. The van der Waals surface area contributed by atoms with Crippen LogP contribution in [0.15, 0.2) is 48.8 Å². The lowest BCUT2D eigenvalue weighted by molar-refractivity contribution is 0.103. The van der Waals surface area contributed by atoms with E-state index >= 15 is 0 Å². The maximum absolute atomic E-state index is 12.0. The molecule has 0 saturated carbocycles. The Hall–Kier alpha value is -1.23. The molecule has 0 aliphatic carbocycles. The van der Waals surface area contributed by atoms with Crippen LogP contribution in [0.1, 0.15) is 15.9 Å². The van der Waals surface area contributed by atoms with Crippen LogP contribution in [0.2, 0.25) is 0 Å². The number of carbonyl (C=O) groups excluding carboxylic acids is 1. The van der Waals surface area contributed by atoms with Gasteiger partial charge >= 0.3 is 0 Å². The molecule has 0 fully saturated rings. The fourth-order valence-electron chi connectivity index (χ4n) is 1.30. The van der Waals surface area contributed by atoms with Crippen molar-refractivity contribution in [1.29, 1.82) is 0 Å². The van der Waals surface area contributed by atoms with Gasteiger partial charge in [0.15, 0.2) is 5.78 Å². The highest BCUT2D eigenvalue weighted by molar-refractivity contribution is 14.1. The molecule has 74 valence electrons. The Kier molecular flexibility index (Phi) is 3.11. The number of carbonyl (C=O) groups is 1. The summed E-state index contributed by atoms with van der Waals surface area (Å²) in [7, 11) is 0. The zero-order valence-electron chi connectivity index (χ0n) is 7.85. The van der Waals surface area contributed by atoms with Crippen LogP contribution in [0.5, 0.6) is 0 Å². The Morgan fingerprint density at radius 2 is 1.93 bits per heavy atom. The SMILES string of the molecule is O=C(c1cccnc1)c1ccccc1I. The van der Waals surface area contributed by atoms with Crippen molar-refractivity contribution in [2.24, 2.45) is 0 Å². The van der Waals surface area contributed by atoms with Crippen molar-refractivity contribution in [3.8, 4) is 0 Å². The number of hydrogen-bond acceptors (Lipinski definition) is 2. The van der Waals surface area contributed by atoms with E-state index in [9.17, 15) is 4.79 Å². The molecule has 1 aromatic carbocycles. The van der Waals surface area contributed by atoms with Gasteiger partial charge in [-0.3, -0.25) is 9.78 Å². The maximum Gasteiger partial charge on any atom is 0.195 e. The number of rotatable bonds is 2. The van der Waals surface area contributed by atoms with Gasteiger partial charge in [-0.1, -0.05) is 12.1 Å². The van der Waals surface area contributed by atoms with Crippen LogP contribution in [0.4, 0.5) is 0 Å². The first kappa shape index (κ1) is 10.3. The molecule has 0 spiro atoms. The number of benzene rings is 1. The van der Waals surface area contributed by atoms with Gasteiger partial charge in [-0.05, 0) is 46.9 Å². The highest BCUT2D eigenvalue weighted by Crippen LogP contribution is 2.15. The second-order valence-corrected chi connectivity index (χ2v) is 4.21. The fourth-order valence-corrected chi connectivity index (χ4v) is 1.93. The minimum Gasteiger partial charge on any atom is -0.289 e. The second-order valence-electron chi connectivity index (χ2n) is 3.05. The lowest BCUT2D eigenvalue weighted by Crippen LogP contribution is -2.03. The van der Waals surface area contributed by atoms with E-state index in [1.165, 1.54) is 0 Å². The third kappa shape index (κ3) is 2.23. The predicted molar refractivity (Wildman–Crippen MR) is 66.8 cm³/mol. The molecular weight excluding hydrogens is 301 g/mol. The Morgan fingerprint density at radius 1 is 1.13 bits per heavy atom. The maximum atomic E-state index is 12.0. The lowest BCUT2D eigenvalue weighted by atomic mass is 10.1. The minimum absolute atomic E-state index is 0.0214.